The summed E-state index contributed by atoms with van der Waals surface area (Å²) in [5, 5.41) is 15.6. The second-order valence-electron chi connectivity index (χ2n) is 3.34. The predicted molar refractivity (Wildman–Crippen MR) is 53.9 cm³/mol. The lowest BCUT2D eigenvalue weighted by atomic mass is 10.2. The van der Waals surface area contributed by atoms with Crippen LogP contribution in [0.4, 0.5) is 0 Å². The Morgan fingerprint density at radius 1 is 1.53 bits per heavy atom. The maximum atomic E-state index is 8.97. The number of hydrogen-bond donors (Lipinski definition) is 3. The summed E-state index contributed by atoms with van der Waals surface area (Å²) >= 11 is 0. The van der Waals surface area contributed by atoms with E-state index in [0.717, 1.165) is 11.3 Å². The van der Waals surface area contributed by atoms with Gasteiger partial charge < -0.3 is 15.4 Å². The van der Waals surface area contributed by atoms with Crippen LogP contribution in [-0.2, 0) is 6.54 Å². The van der Waals surface area contributed by atoms with Crippen LogP contribution in [0.5, 0.6) is 0 Å². The normalized spacial score (nSPS) is 12.9. The average molecular weight is 207 g/mol. The molecule has 2 aromatic rings. The van der Waals surface area contributed by atoms with Crippen LogP contribution in [0.25, 0.3) is 0 Å². The fourth-order valence-electron chi connectivity index (χ4n) is 1.43. The number of nitrogens with two attached hydrogens (primary N) is 1. The number of nitrogens with zero attached hydrogens (tertiary/aromatic N) is 3. The van der Waals surface area contributed by atoms with Crippen molar-refractivity contribution in [3.8, 4) is 0 Å². The van der Waals surface area contributed by atoms with Gasteiger partial charge in [0.1, 0.15) is 0 Å². The SMILES string of the molecule is NC(CO)c1cncn1Cc1cn[nH]c1. The Balaban J connectivity index is 2.18. The molecule has 1 atom stereocenters. The van der Waals surface area contributed by atoms with Gasteiger partial charge >= 0.3 is 0 Å². The lowest BCUT2D eigenvalue weighted by molar-refractivity contribution is 0.263. The van der Waals surface area contributed by atoms with Crippen molar-refractivity contribution in [1.29, 1.82) is 0 Å². The van der Waals surface area contributed by atoms with Crippen LogP contribution in [0.3, 0.4) is 0 Å². The molecule has 0 radical (unpaired) electrons. The zero-order valence-corrected chi connectivity index (χ0v) is 8.17. The summed E-state index contributed by atoms with van der Waals surface area (Å²) in [7, 11) is 0. The smallest absolute Gasteiger partial charge is 0.0951 e. The molecule has 0 amide bonds. The standard InChI is InChI=1S/C9H13N5O/c10-8(5-15)9-3-11-6-14(9)4-7-1-12-13-2-7/h1-3,6,8,15H,4-5,10H2,(H,12,13). The van der Waals surface area contributed by atoms with Gasteiger partial charge in [0.05, 0.1) is 37.4 Å². The van der Waals surface area contributed by atoms with E-state index in [9.17, 15) is 0 Å². The summed E-state index contributed by atoms with van der Waals surface area (Å²) < 4.78 is 1.89. The first-order valence-corrected chi connectivity index (χ1v) is 4.65. The zero-order chi connectivity index (χ0) is 10.7. The second-order valence-corrected chi connectivity index (χ2v) is 3.34. The lowest BCUT2D eigenvalue weighted by Gasteiger charge is -2.11. The van der Waals surface area contributed by atoms with Crippen molar-refractivity contribution < 1.29 is 5.11 Å². The number of aliphatic hydroxyl groups is 1. The third-order valence-corrected chi connectivity index (χ3v) is 2.23. The van der Waals surface area contributed by atoms with Gasteiger partial charge in [0, 0.05) is 18.0 Å². The van der Waals surface area contributed by atoms with Crippen molar-refractivity contribution >= 4 is 0 Å². The van der Waals surface area contributed by atoms with E-state index in [1.807, 2.05) is 10.8 Å². The van der Waals surface area contributed by atoms with Crippen molar-refractivity contribution in [3.05, 3.63) is 36.2 Å². The monoisotopic (exact) mass is 207 g/mol. The van der Waals surface area contributed by atoms with Crippen molar-refractivity contribution in [1.82, 2.24) is 19.7 Å². The lowest BCUT2D eigenvalue weighted by Crippen LogP contribution is -2.18. The molecule has 0 spiro atoms. The summed E-state index contributed by atoms with van der Waals surface area (Å²) in [5.74, 6) is 0. The minimum Gasteiger partial charge on any atom is -0.394 e. The summed E-state index contributed by atoms with van der Waals surface area (Å²) in [4.78, 5) is 4.01. The largest absolute Gasteiger partial charge is 0.394 e. The molecule has 6 heteroatoms. The predicted octanol–water partition coefficient (Wildman–Crippen LogP) is -0.353. The Bertz CT molecular complexity index is 408. The van der Waals surface area contributed by atoms with Gasteiger partial charge in [-0.05, 0) is 0 Å². The molecular formula is C9H13N5O. The molecule has 0 aliphatic rings. The molecule has 0 saturated carbocycles. The maximum Gasteiger partial charge on any atom is 0.0951 e. The van der Waals surface area contributed by atoms with Gasteiger partial charge in [0.2, 0.25) is 0 Å². The highest BCUT2D eigenvalue weighted by atomic mass is 16.3. The number of aliphatic hydroxyl groups excluding tert-OH is 1. The zero-order valence-electron chi connectivity index (χ0n) is 8.17. The second kappa shape index (κ2) is 4.24. The Labute approximate surface area is 86.8 Å². The van der Waals surface area contributed by atoms with E-state index < -0.39 is 0 Å². The summed E-state index contributed by atoms with van der Waals surface area (Å²) in [5.41, 5.74) is 7.59. The fourth-order valence-corrected chi connectivity index (χ4v) is 1.43. The third-order valence-electron chi connectivity index (χ3n) is 2.23. The minimum absolute atomic E-state index is 0.0862. The van der Waals surface area contributed by atoms with E-state index in [2.05, 4.69) is 15.2 Å². The molecule has 2 aromatic heterocycles. The first-order chi connectivity index (χ1) is 7.31. The van der Waals surface area contributed by atoms with Gasteiger partial charge in [-0.3, -0.25) is 5.10 Å². The van der Waals surface area contributed by atoms with Gasteiger partial charge in [-0.2, -0.15) is 5.10 Å². The van der Waals surface area contributed by atoms with Gasteiger partial charge in [-0.1, -0.05) is 0 Å². The quantitative estimate of drug-likeness (QED) is 0.638. The molecule has 0 bridgehead atoms. The number of aromatic amines is 1. The molecule has 1 unspecified atom stereocenters. The Hall–Kier alpha value is -1.66. The molecule has 2 rings (SSSR count). The van der Waals surface area contributed by atoms with Crippen LogP contribution in [0.1, 0.15) is 17.3 Å². The van der Waals surface area contributed by atoms with E-state index >= 15 is 0 Å². The van der Waals surface area contributed by atoms with Crippen LogP contribution in [-0.4, -0.2) is 31.5 Å². The molecule has 0 fully saturated rings. The average Bonchev–Trinajstić information content (AvgIpc) is 2.88. The summed E-state index contributed by atoms with van der Waals surface area (Å²) in [6.45, 7) is 0.566. The minimum atomic E-state index is -0.389. The number of hydrogen-bond acceptors (Lipinski definition) is 4. The molecule has 2 heterocycles. The summed E-state index contributed by atoms with van der Waals surface area (Å²) in [6, 6.07) is -0.389. The number of nitrogens with one attached hydrogen (secondary N) is 1. The van der Waals surface area contributed by atoms with E-state index in [4.69, 9.17) is 10.8 Å². The van der Waals surface area contributed by atoms with Gasteiger partial charge in [0.15, 0.2) is 0 Å². The van der Waals surface area contributed by atoms with Crippen molar-refractivity contribution in [2.24, 2.45) is 5.73 Å². The Morgan fingerprint density at radius 3 is 3.07 bits per heavy atom. The molecule has 15 heavy (non-hydrogen) atoms. The van der Waals surface area contributed by atoms with E-state index in [1.165, 1.54) is 0 Å². The number of rotatable bonds is 4. The highest BCUT2D eigenvalue weighted by Crippen LogP contribution is 2.10. The van der Waals surface area contributed by atoms with Crippen molar-refractivity contribution in [2.45, 2.75) is 12.6 Å². The molecule has 0 aliphatic heterocycles. The molecule has 0 saturated heterocycles. The molecule has 0 aliphatic carbocycles. The van der Waals surface area contributed by atoms with Crippen LogP contribution < -0.4 is 5.73 Å². The molecule has 80 valence electrons. The molecule has 0 aromatic carbocycles. The van der Waals surface area contributed by atoms with Crippen molar-refractivity contribution in [2.75, 3.05) is 6.61 Å². The van der Waals surface area contributed by atoms with E-state index in [0.29, 0.717) is 6.54 Å². The van der Waals surface area contributed by atoms with Crippen molar-refractivity contribution in [3.63, 3.8) is 0 Å². The highest BCUT2D eigenvalue weighted by Gasteiger charge is 2.10. The number of H-pyrrole nitrogens is 1. The molecule has 6 nitrogen and oxygen atoms in total. The van der Waals surface area contributed by atoms with Crippen LogP contribution >= 0.6 is 0 Å². The highest BCUT2D eigenvalue weighted by molar-refractivity contribution is 5.10. The van der Waals surface area contributed by atoms with Gasteiger partial charge in [-0.15, -0.1) is 0 Å². The van der Waals surface area contributed by atoms with Gasteiger partial charge in [-0.25, -0.2) is 4.98 Å². The fraction of sp³-hybridized carbons (Fsp3) is 0.333. The third kappa shape index (κ3) is 2.05. The Kier molecular flexibility index (Phi) is 2.79. The summed E-state index contributed by atoms with van der Waals surface area (Å²) in [6.07, 6.45) is 6.92. The first-order valence-electron chi connectivity index (χ1n) is 4.65. The van der Waals surface area contributed by atoms with E-state index in [1.54, 1.807) is 18.7 Å². The molecule has 4 N–H and O–H groups in total. The van der Waals surface area contributed by atoms with Crippen LogP contribution in [0, 0.1) is 0 Å². The topological polar surface area (TPSA) is 92.8 Å². The first kappa shape index (κ1) is 9.88. The van der Waals surface area contributed by atoms with Crippen LogP contribution in [0.2, 0.25) is 0 Å². The maximum absolute atomic E-state index is 8.97. The van der Waals surface area contributed by atoms with Gasteiger partial charge in [0.25, 0.3) is 0 Å². The number of aromatic nitrogens is 4. The molecular weight excluding hydrogens is 194 g/mol. The Morgan fingerprint density at radius 2 is 2.40 bits per heavy atom. The number of imidazole rings is 1. The van der Waals surface area contributed by atoms with E-state index in [-0.39, 0.29) is 12.6 Å². The van der Waals surface area contributed by atoms with Crippen LogP contribution in [0.15, 0.2) is 24.9 Å².